The molecule has 0 aliphatic rings. The summed E-state index contributed by atoms with van der Waals surface area (Å²) < 4.78 is 16.3. The topological polar surface area (TPSA) is 51.5 Å². The molecule has 2 aromatic carbocycles. The molecule has 0 unspecified atom stereocenters. The van der Waals surface area contributed by atoms with Crippen molar-refractivity contribution in [1.82, 2.24) is 0 Å². The van der Waals surface area contributed by atoms with E-state index >= 15 is 0 Å². The van der Waals surface area contributed by atoms with Crippen LogP contribution in [0.25, 0.3) is 0 Å². The molecule has 22 heavy (non-hydrogen) atoms. The molecular formula is C17H16ClNO3. The van der Waals surface area contributed by atoms with E-state index in [1.165, 1.54) is 0 Å². The number of hydrogen-bond acceptors (Lipinski definition) is 4. The van der Waals surface area contributed by atoms with Gasteiger partial charge in [0.15, 0.2) is 0 Å². The Labute approximate surface area is 134 Å². The highest BCUT2D eigenvalue weighted by molar-refractivity contribution is 6.31. The van der Waals surface area contributed by atoms with Crippen LogP contribution in [0, 0.1) is 18.3 Å². The van der Waals surface area contributed by atoms with Crippen molar-refractivity contribution in [3.05, 3.63) is 52.5 Å². The maximum Gasteiger partial charge on any atom is 0.140 e. The number of benzene rings is 2. The molecule has 0 saturated carbocycles. The predicted molar refractivity (Wildman–Crippen MR) is 84.9 cm³/mol. The Hall–Kier alpha value is -2.38. The van der Waals surface area contributed by atoms with Gasteiger partial charge in [-0.05, 0) is 42.8 Å². The lowest BCUT2D eigenvalue weighted by Crippen LogP contribution is -2.09. The molecule has 0 N–H and O–H groups in total. The van der Waals surface area contributed by atoms with Crippen molar-refractivity contribution in [3.8, 4) is 23.3 Å². The number of nitriles is 1. The molecule has 2 rings (SSSR count). The number of ether oxygens (including phenoxy) is 3. The lowest BCUT2D eigenvalue weighted by molar-refractivity contribution is 0.216. The summed E-state index contributed by atoms with van der Waals surface area (Å²) in [5.74, 6) is 1.86. The molecular weight excluding hydrogens is 302 g/mol. The third-order valence-electron chi connectivity index (χ3n) is 3.05. The monoisotopic (exact) mass is 317 g/mol. The Morgan fingerprint density at radius 3 is 2.45 bits per heavy atom. The molecule has 0 aromatic heterocycles. The molecule has 0 amide bonds. The van der Waals surface area contributed by atoms with Gasteiger partial charge in [0, 0.05) is 11.1 Å². The summed E-state index contributed by atoms with van der Waals surface area (Å²) in [5.41, 5.74) is 1.42. The first-order chi connectivity index (χ1) is 10.6. The van der Waals surface area contributed by atoms with Crippen LogP contribution in [0.4, 0.5) is 0 Å². The molecule has 0 bridgehead atoms. The number of methoxy groups -OCH3 is 1. The summed E-state index contributed by atoms with van der Waals surface area (Å²) in [7, 11) is 1.57. The smallest absolute Gasteiger partial charge is 0.140 e. The molecule has 0 spiro atoms. The predicted octanol–water partition coefficient (Wildman–Crippen LogP) is 3.99. The second-order valence-corrected chi connectivity index (χ2v) is 4.99. The Balaban J connectivity index is 1.91. The van der Waals surface area contributed by atoms with Crippen LogP contribution >= 0.6 is 11.6 Å². The minimum absolute atomic E-state index is 0.323. The summed E-state index contributed by atoms with van der Waals surface area (Å²) >= 11 is 5.96. The van der Waals surface area contributed by atoms with Gasteiger partial charge in [-0.25, -0.2) is 0 Å². The first kappa shape index (κ1) is 16.0. The van der Waals surface area contributed by atoms with Gasteiger partial charge in [-0.1, -0.05) is 11.6 Å². The highest BCUT2D eigenvalue weighted by Crippen LogP contribution is 2.24. The fraction of sp³-hybridized carbons (Fsp3) is 0.235. The minimum atomic E-state index is 0.323. The summed E-state index contributed by atoms with van der Waals surface area (Å²) in [6.45, 7) is 2.60. The van der Waals surface area contributed by atoms with E-state index in [4.69, 9.17) is 31.1 Å². The summed E-state index contributed by atoms with van der Waals surface area (Å²) in [6, 6.07) is 12.6. The van der Waals surface area contributed by atoms with Crippen LogP contribution in [0.5, 0.6) is 17.2 Å². The zero-order valence-electron chi connectivity index (χ0n) is 12.4. The van der Waals surface area contributed by atoms with Gasteiger partial charge in [-0.2, -0.15) is 5.26 Å². The van der Waals surface area contributed by atoms with Gasteiger partial charge in [0.25, 0.3) is 0 Å². The van der Waals surface area contributed by atoms with Gasteiger partial charge in [-0.15, -0.1) is 0 Å². The van der Waals surface area contributed by atoms with Crippen molar-refractivity contribution < 1.29 is 14.2 Å². The zero-order valence-corrected chi connectivity index (χ0v) is 13.2. The Morgan fingerprint density at radius 1 is 1.05 bits per heavy atom. The summed E-state index contributed by atoms with van der Waals surface area (Å²) in [4.78, 5) is 0. The lowest BCUT2D eigenvalue weighted by atomic mass is 10.2. The standard InChI is InChI=1S/C17H16ClNO3/c1-12-9-15(5-6-16(12)18)21-7-8-22-17-10-14(20-2)4-3-13(17)11-19/h3-6,9-10H,7-8H2,1-2H3. The molecule has 2 aromatic rings. The maximum atomic E-state index is 9.06. The number of halogens is 1. The van der Waals surface area contributed by atoms with Gasteiger partial charge in [0.05, 0.1) is 12.7 Å². The summed E-state index contributed by atoms with van der Waals surface area (Å²) in [5, 5.41) is 9.77. The van der Waals surface area contributed by atoms with E-state index in [-0.39, 0.29) is 0 Å². The fourth-order valence-electron chi connectivity index (χ4n) is 1.86. The van der Waals surface area contributed by atoms with Gasteiger partial charge in [0.1, 0.15) is 36.5 Å². The average Bonchev–Trinajstić information content (AvgIpc) is 2.54. The van der Waals surface area contributed by atoms with E-state index in [1.54, 1.807) is 31.4 Å². The van der Waals surface area contributed by atoms with Crippen LogP contribution in [0.2, 0.25) is 5.02 Å². The van der Waals surface area contributed by atoms with Crippen LogP contribution in [-0.2, 0) is 0 Å². The van der Waals surface area contributed by atoms with Crippen LogP contribution in [0.3, 0.4) is 0 Å². The lowest BCUT2D eigenvalue weighted by Gasteiger charge is -2.11. The molecule has 0 atom stereocenters. The second kappa shape index (κ2) is 7.58. The molecule has 4 nitrogen and oxygen atoms in total. The van der Waals surface area contributed by atoms with Crippen LogP contribution in [0.15, 0.2) is 36.4 Å². The van der Waals surface area contributed by atoms with E-state index in [9.17, 15) is 0 Å². The van der Waals surface area contributed by atoms with Gasteiger partial charge in [0.2, 0.25) is 0 Å². The largest absolute Gasteiger partial charge is 0.497 e. The minimum Gasteiger partial charge on any atom is -0.497 e. The van der Waals surface area contributed by atoms with Crippen molar-refractivity contribution in [2.45, 2.75) is 6.92 Å². The normalized spacial score (nSPS) is 9.91. The highest BCUT2D eigenvalue weighted by atomic mass is 35.5. The molecule has 0 saturated heterocycles. The maximum absolute atomic E-state index is 9.06. The SMILES string of the molecule is COc1ccc(C#N)c(OCCOc2ccc(Cl)c(C)c2)c1. The molecule has 0 aliphatic heterocycles. The number of rotatable bonds is 6. The van der Waals surface area contributed by atoms with Crippen molar-refractivity contribution in [3.63, 3.8) is 0 Å². The van der Waals surface area contributed by atoms with E-state index in [0.29, 0.717) is 35.3 Å². The van der Waals surface area contributed by atoms with Crippen molar-refractivity contribution >= 4 is 11.6 Å². The Bertz CT molecular complexity index is 695. The van der Waals surface area contributed by atoms with E-state index in [1.807, 2.05) is 19.1 Å². The number of nitrogens with zero attached hydrogens (tertiary/aromatic N) is 1. The molecule has 0 radical (unpaired) electrons. The van der Waals surface area contributed by atoms with Crippen molar-refractivity contribution in [2.75, 3.05) is 20.3 Å². The molecule has 5 heteroatoms. The third-order valence-corrected chi connectivity index (χ3v) is 3.47. The quantitative estimate of drug-likeness (QED) is 0.756. The second-order valence-electron chi connectivity index (χ2n) is 4.58. The average molecular weight is 318 g/mol. The molecule has 114 valence electrons. The van der Waals surface area contributed by atoms with Gasteiger partial charge >= 0.3 is 0 Å². The van der Waals surface area contributed by atoms with Crippen LogP contribution in [0.1, 0.15) is 11.1 Å². The molecule has 0 fully saturated rings. The van der Waals surface area contributed by atoms with Crippen LogP contribution in [-0.4, -0.2) is 20.3 Å². The molecule has 0 aliphatic carbocycles. The van der Waals surface area contributed by atoms with E-state index < -0.39 is 0 Å². The highest BCUT2D eigenvalue weighted by Gasteiger charge is 2.05. The fourth-order valence-corrected chi connectivity index (χ4v) is 1.98. The number of aryl methyl sites for hydroxylation is 1. The van der Waals surface area contributed by atoms with Gasteiger partial charge in [-0.3, -0.25) is 0 Å². The van der Waals surface area contributed by atoms with Crippen molar-refractivity contribution in [1.29, 1.82) is 5.26 Å². The first-order valence-electron chi connectivity index (χ1n) is 6.74. The zero-order chi connectivity index (χ0) is 15.9. The van der Waals surface area contributed by atoms with Crippen LogP contribution < -0.4 is 14.2 Å². The molecule has 0 heterocycles. The Kier molecular flexibility index (Phi) is 5.51. The van der Waals surface area contributed by atoms with E-state index in [0.717, 1.165) is 11.3 Å². The summed E-state index contributed by atoms with van der Waals surface area (Å²) in [6.07, 6.45) is 0. The van der Waals surface area contributed by atoms with E-state index in [2.05, 4.69) is 6.07 Å². The van der Waals surface area contributed by atoms with Gasteiger partial charge < -0.3 is 14.2 Å². The first-order valence-corrected chi connectivity index (χ1v) is 7.11. The number of hydrogen-bond donors (Lipinski definition) is 0. The van der Waals surface area contributed by atoms with Crippen molar-refractivity contribution in [2.24, 2.45) is 0 Å². The third kappa shape index (κ3) is 4.06. The Morgan fingerprint density at radius 2 is 1.77 bits per heavy atom.